The van der Waals surface area contributed by atoms with Gasteiger partial charge in [-0.2, -0.15) is 0 Å². The van der Waals surface area contributed by atoms with Crippen molar-refractivity contribution < 1.29 is 4.74 Å². The normalized spacial score (nSPS) is 30.8. The van der Waals surface area contributed by atoms with Crippen LogP contribution < -0.4 is 0 Å². The van der Waals surface area contributed by atoms with Gasteiger partial charge in [0.15, 0.2) is 0 Å². The summed E-state index contributed by atoms with van der Waals surface area (Å²) in [7, 11) is 2.28. The number of hydrogen-bond acceptors (Lipinski definition) is 2. The van der Waals surface area contributed by atoms with E-state index in [0.29, 0.717) is 5.54 Å². The SMILES string of the molecule is CN1CCCCC12CCOCC2. The van der Waals surface area contributed by atoms with E-state index in [2.05, 4.69) is 11.9 Å². The lowest BCUT2D eigenvalue weighted by Crippen LogP contribution is -2.52. The van der Waals surface area contributed by atoms with Gasteiger partial charge in [0.1, 0.15) is 0 Å². The van der Waals surface area contributed by atoms with Crippen molar-refractivity contribution in [3.63, 3.8) is 0 Å². The number of nitrogens with zero attached hydrogens (tertiary/aromatic N) is 1. The minimum Gasteiger partial charge on any atom is -0.381 e. The summed E-state index contributed by atoms with van der Waals surface area (Å²) in [5.74, 6) is 0. The van der Waals surface area contributed by atoms with E-state index in [-0.39, 0.29) is 0 Å². The highest BCUT2D eigenvalue weighted by Gasteiger charge is 2.37. The largest absolute Gasteiger partial charge is 0.381 e. The molecule has 2 heterocycles. The molecule has 70 valence electrons. The van der Waals surface area contributed by atoms with Gasteiger partial charge in [0.2, 0.25) is 0 Å². The monoisotopic (exact) mass is 169 g/mol. The molecular formula is C10H19NO. The van der Waals surface area contributed by atoms with E-state index in [1.807, 2.05) is 0 Å². The Morgan fingerprint density at radius 1 is 1.08 bits per heavy atom. The maximum atomic E-state index is 5.42. The summed E-state index contributed by atoms with van der Waals surface area (Å²) in [5, 5.41) is 0. The number of ether oxygens (including phenoxy) is 1. The maximum Gasteiger partial charge on any atom is 0.0483 e. The fourth-order valence-corrected chi connectivity index (χ4v) is 2.61. The first kappa shape index (κ1) is 8.52. The molecule has 2 saturated heterocycles. The lowest BCUT2D eigenvalue weighted by Gasteiger charge is -2.47. The first-order valence-electron chi connectivity index (χ1n) is 5.13. The molecule has 2 nitrogen and oxygen atoms in total. The Morgan fingerprint density at radius 2 is 1.83 bits per heavy atom. The second kappa shape index (κ2) is 3.35. The number of piperidine rings is 1. The van der Waals surface area contributed by atoms with Crippen molar-refractivity contribution in [1.82, 2.24) is 4.90 Å². The van der Waals surface area contributed by atoms with Gasteiger partial charge in [-0.25, -0.2) is 0 Å². The van der Waals surface area contributed by atoms with Crippen LogP contribution in [0.5, 0.6) is 0 Å². The van der Waals surface area contributed by atoms with Crippen LogP contribution in [0.1, 0.15) is 32.1 Å². The standard InChI is InChI=1S/C10H19NO/c1-11-7-3-2-4-10(11)5-8-12-9-6-10/h2-9H2,1H3. The topological polar surface area (TPSA) is 12.5 Å². The highest BCUT2D eigenvalue weighted by Crippen LogP contribution is 2.35. The highest BCUT2D eigenvalue weighted by molar-refractivity contribution is 4.93. The molecule has 2 fully saturated rings. The fourth-order valence-electron chi connectivity index (χ4n) is 2.61. The smallest absolute Gasteiger partial charge is 0.0483 e. The van der Waals surface area contributed by atoms with Gasteiger partial charge in [0.05, 0.1) is 0 Å². The lowest BCUT2D eigenvalue weighted by molar-refractivity contribution is -0.0364. The van der Waals surface area contributed by atoms with Crippen LogP contribution in [0, 0.1) is 0 Å². The molecule has 2 aliphatic heterocycles. The minimum atomic E-state index is 0.524. The van der Waals surface area contributed by atoms with Crippen molar-refractivity contribution in [3.8, 4) is 0 Å². The van der Waals surface area contributed by atoms with Crippen molar-refractivity contribution in [2.75, 3.05) is 26.8 Å². The molecule has 0 aromatic rings. The molecule has 2 aliphatic rings. The van der Waals surface area contributed by atoms with Crippen LogP contribution in [-0.4, -0.2) is 37.2 Å². The van der Waals surface area contributed by atoms with Gasteiger partial charge in [-0.3, -0.25) is 0 Å². The Morgan fingerprint density at radius 3 is 2.50 bits per heavy atom. The van der Waals surface area contributed by atoms with Crippen LogP contribution >= 0.6 is 0 Å². The molecule has 1 spiro atoms. The van der Waals surface area contributed by atoms with Crippen LogP contribution in [0.3, 0.4) is 0 Å². The molecule has 0 amide bonds. The van der Waals surface area contributed by atoms with Crippen molar-refractivity contribution in [3.05, 3.63) is 0 Å². The lowest BCUT2D eigenvalue weighted by atomic mass is 9.81. The van der Waals surface area contributed by atoms with Gasteiger partial charge in [-0.15, -0.1) is 0 Å². The summed E-state index contributed by atoms with van der Waals surface area (Å²) < 4.78 is 5.42. The molecule has 0 atom stereocenters. The Hall–Kier alpha value is -0.0800. The summed E-state index contributed by atoms with van der Waals surface area (Å²) in [4.78, 5) is 2.57. The van der Waals surface area contributed by atoms with E-state index in [4.69, 9.17) is 4.74 Å². The zero-order valence-electron chi connectivity index (χ0n) is 8.01. The van der Waals surface area contributed by atoms with Gasteiger partial charge < -0.3 is 9.64 Å². The number of likely N-dealkylation sites (tertiary alicyclic amines) is 1. The third kappa shape index (κ3) is 1.38. The summed E-state index contributed by atoms with van der Waals surface area (Å²) in [6, 6.07) is 0. The van der Waals surface area contributed by atoms with Gasteiger partial charge in [-0.1, -0.05) is 6.42 Å². The maximum absolute atomic E-state index is 5.42. The van der Waals surface area contributed by atoms with E-state index >= 15 is 0 Å². The van der Waals surface area contributed by atoms with E-state index in [1.54, 1.807) is 0 Å². The molecule has 2 rings (SSSR count). The second-order valence-corrected chi connectivity index (χ2v) is 4.22. The van der Waals surface area contributed by atoms with Crippen molar-refractivity contribution in [2.24, 2.45) is 0 Å². The zero-order chi connectivity index (χ0) is 8.44. The summed E-state index contributed by atoms with van der Waals surface area (Å²) in [6.45, 7) is 3.24. The van der Waals surface area contributed by atoms with Crippen LogP contribution in [0.4, 0.5) is 0 Å². The fraction of sp³-hybridized carbons (Fsp3) is 1.00. The molecule has 12 heavy (non-hydrogen) atoms. The van der Waals surface area contributed by atoms with Crippen molar-refractivity contribution in [2.45, 2.75) is 37.6 Å². The Kier molecular flexibility index (Phi) is 2.37. The van der Waals surface area contributed by atoms with Gasteiger partial charge in [0.25, 0.3) is 0 Å². The van der Waals surface area contributed by atoms with E-state index < -0.39 is 0 Å². The quantitative estimate of drug-likeness (QED) is 0.546. The van der Waals surface area contributed by atoms with Crippen molar-refractivity contribution >= 4 is 0 Å². The van der Waals surface area contributed by atoms with Gasteiger partial charge in [-0.05, 0) is 39.3 Å². The molecule has 0 N–H and O–H groups in total. The van der Waals surface area contributed by atoms with Crippen LogP contribution in [0.25, 0.3) is 0 Å². The summed E-state index contributed by atoms with van der Waals surface area (Å²) in [6.07, 6.45) is 6.71. The molecule has 0 radical (unpaired) electrons. The summed E-state index contributed by atoms with van der Waals surface area (Å²) in [5.41, 5.74) is 0.524. The Bertz CT molecular complexity index is 144. The number of rotatable bonds is 0. The van der Waals surface area contributed by atoms with Gasteiger partial charge in [0, 0.05) is 18.8 Å². The molecule has 0 saturated carbocycles. The van der Waals surface area contributed by atoms with Crippen molar-refractivity contribution in [1.29, 1.82) is 0 Å². The summed E-state index contributed by atoms with van der Waals surface area (Å²) >= 11 is 0. The Balaban J connectivity index is 2.04. The average molecular weight is 169 g/mol. The third-order valence-electron chi connectivity index (χ3n) is 3.62. The van der Waals surface area contributed by atoms with E-state index in [0.717, 1.165) is 13.2 Å². The van der Waals surface area contributed by atoms with Crippen LogP contribution in [0.15, 0.2) is 0 Å². The second-order valence-electron chi connectivity index (χ2n) is 4.22. The predicted molar refractivity (Wildman–Crippen MR) is 49.3 cm³/mol. The minimum absolute atomic E-state index is 0.524. The number of hydrogen-bond donors (Lipinski definition) is 0. The molecule has 0 unspecified atom stereocenters. The van der Waals surface area contributed by atoms with Gasteiger partial charge >= 0.3 is 0 Å². The molecule has 0 aliphatic carbocycles. The first-order valence-corrected chi connectivity index (χ1v) is 5.13. The molecule has 0 bridgehead atoms. The highest BCUT2D eigenvalue weighted by atomic mass is 16.5. The van der Waals surface area contributed by atoms with E-state index in [9.17, 15) is 0 Å². The average Bonchev–Trinajstić information content (AvgIpc) is 2.12. The Labute approximate surface area is 74.9 Å². The van der Waals surface area contributed by atoms with Crippen LogP contribution in [-0.2, 0) is 4.74 Å². The molecular weight excluding hydrogens is 150 g/mol. The molecule has 0 aromatic heterocycles. The molecule has 2 heteroatoms. The molecule has 0 aromatic carbocycles. The first-order chi connectivity index (χ1) is 5.83. The third-order valence-corrected chi connectivity index (χ3v) is 3.62. The predicted octanol–water partition coefficient (Wildman–Crippen LogP) is 1.65. The van der Waals surface area contributed by atoms with Crippen LogP contribution in [0.2, 0.25) is 0 Å². The zero-order valence-corrected chi connectivity index (χ0v) is 8.01. The van der Waals surface area contributed by atoms with E-state index in [1.165, 1.54) is 38.6 Å².